The quantitative estimate of drug-likeness (QED) is 0.938. The minimum absolute atomic E-state index is 0.750. The Balaban J connectivity index is 1.96. The summed E-state index contributed by atoms with van der Waals surface area (Å²) in [7, 11) is 1.88. The Morgan fingerprint density at radius 1 is 1.10 bits per heavy atom. The highest BCUT2D eigenvalue weighted by Gasteiger charge is 2.14. The lowest BCUT2D eigenvalue weighted by molar-refractivity contribution is 0.152. The summed E-state index contributed by atoms with van der Waals surface area (Å²) in [5, 5.41) is 3.12. The number of ether oxygens (including phenoxy) is 1. The highest BCUT2D eigenvalue weighted by Crippen LogP contribution is 2.22. The number of hydrogen-bond acceptors (Lipinski definition) is 5. The molecule has 21 heavy (non-hydrogen) atoms. The monoisotopic (exact) mass is 284 g/mol. The third-order valence-corrected chi connectivity index (χ3v) is 3.55. The molecular formula is C16H20N4O. The molecule has 5 nitrogen and oxygen atoms in total. The van der Waals surface area contributed by atoms with E-state index in [0.29, 0.717) is 0 Å². The molecule has 0 aliphatic carbocycles. The number of rotatable bonds is 3. The van der Waals surface area contributed by atoms with Crippen molar-refractivity contribution in [2.75, 3.05) is 43.6 Å². The summed E-state index contributed by atoms with van der Waals surface area (Å²) in [4.78, 5) is 11.6. The molecule has 110 valence electrons. The molecule has 1 aromatic carbocycles. The maximum atomic E-state index is 5.52. The van der Waals surface area contributed by atoms with E-state index < -0.39 is 0 Å². The number of aromatic nitrogens is 2. The van der Waals surface area contributed by atoms with Crippen LogP contribution in [0.1, 0.15) is 6.42 Å². The SMILES string of the molecule is CNc1cc(N2CCCOCC2)nc(-c2ccccc2)n1. The van der Waals surface area contributed by atoms with Crippen LogP contribution in [-0.2, 0) is 4.74 Å². The van der Waals surface area contributed by atoms with Gasteiger partial charge in [-0.05, 0) is 6.42 Å². The second-order valence-electron chi connectivity index (χ2n) is 5.00. The van der Waals surface area contributed by atoms with Crippen LogP contribution in [0.2, 0.25) is 0 Å². The summed E-state index contributed by atoms with van der Waals surface area (Å²) in [6.45, 7) is 3.41. The van der Waals surface area contributed by atoms with Crippen molar-refractivity contribution in [2.24, 2.45) is 0 Å². The third kappa shape index (κ3) is 3.31. The maximum Gasteiger partial charge on any atom is 0.163 e. The molecule has 1 aromatic heterocycles. The van der Waals surface area contributed by atoms with Gasteiger partial charge >= 0.3 is 0 Å². The van der Waals surface area contributed by atoms with Crippen LogP contribution in [0.25, 0.3) is 11.4 Å². The maximum absolute atomic E-state index is 5.52. The molecule has 2 aromatic rings. The molecule has 0 bridgehead atoms. The predicted octanol–water partition coefficient (Wildman–Crippen LogP) is 2.41. The highest BCUT2D eigenvalue weighted by molar-refractivity contribution is 5.61. The van der Waals surface area contributed by atoms with E-state index in [1.54, 1.807) is 0 Å². The molecule has 1 N–H and O–H groups in total. The number of benzene rings is 1. The molecule has 0 atom stereocenters. The van der Waals surface area contributed by atoms with Crippen molar-refractivity contribution < 1.29 is 4.74 Å². The van der Waals surface area contributed by atoms with Crippen molar-refractivity contribution in [1.29, 1.82) is 0 Å². The molecule has 1 fully saturated rings. The van der Waals surface area contributed by atoms with Gasteiger partial charge in [0.05, 0.1) is 6.61 Å². The average Bonchev–Trinajstić information content (AvgIpc) is 2.84. The van der Waals surface area contributed by atoms with Crippen molar-refractivity contribution in [3.63, 3.8) is 0 Å². The van der Waals surface area contributed by atoms with Gasteiger partial charge in [-0.2, -0.15) is 0 Å². The number of nitrogens with zero attached hydrogens (tertiary/aromatic N) is 3. The molecule has 0 spiro atoms. The normalized spacial score (nSPS) is 15.6. The molecule has 1 saturated heterocycles. The van der Waals surface area contributed by atoms with Gasteiger partial charge < -0.3 is 15.0 Å². The first-order valence-corrected chi connectivity index (χ1v) is 7.32. The Kier molecular flexibility index (Phi) is 4.31. The zero-order chi connectivity index (χ0) is 14.5. The van der Waals surface area contributed by atoms with Gasteiger partial charge in [0.2, 0.25) is 0 Å². The standard InChI is InChI=1S/C16H20N4O/c1-17-14-12-15(20-8-5-10-21-11-9-20)19-16(18-14)13-6-3-2-4-7-13/h2-4,6-7,12H,5,8-11H2,1H3,(H,17,18,19). The summed E-state index contributed by atoms with van der Waals surface area (Å²) in [5.74, 6) is 2.55. The molecular weight excluding hydrogens is 264 g/mol. The zero-order valence-corrected chi connectivity index (χ0v) is 12.2. The fraction of sp³-hybridized carbons (Fsp3) is 0.375. The minimum Gasteiger partial charge on any atom is -0.380 e. The Morgan fingerprint density at radius 2 is 1.95 bits per heavy atom. The van der Waals surface area contributed by atoms with Crippen LogP contribution < -0.4 is 10.2 Å². The molecule has 2 heterocycles. The van der Waals surface area contributed by atoms with Crippen molar-refractivity contribution >= 4 is 11.6 Å². The van der Waals surface area contributed by atoms with E-state index in [1.165, 1.54) is 0 Å². The van der Waals surface area contributed by atoms with Crippen molar-refractivity contribution in [3.05, 3.63) is 36.4 Å². The van der Waals surface area contributed by atoms with E-state index in [9.17, 15) is 0 Å². The Labute approximate surface area is 125 Å². The van der Waals surface area contributed by atoms with Crippen LogP contribution in [-0.4, -0.2) is 43.3 Å². The van der Waals surface area contributed by atoms with Gasteiger partial charge in [0.1, 0.15) is 11.6 Å². The topological polar surface area (TPSA) is 50.3 Å². The van der Waals surface area contributed by atoms with E-state index in [1.807, 2.05) is 43.4 Å². The van der Waals surface area contributed by atoms with E-state index in [-0.39, 0.29) is 0 Å². The van der Waals surface area contributed by atoms with Crippen LogP contribution >= 0.6 is 0 Å². The average molecular weight is 284 g/mol. The summed E-state index contributed by atoms with van der Waals surface area (Å²) in [6.07, 6.45) is 1.03. The number of nitrogens with one attached hydrogen (secondary N) is 1. The lowest BCUT2D eigenvalue weighted by Gasteiger charge is -2.21. The highest BCUT2D eigenvalue weighted by atomic mass is 16.5. The van der Waals surface area contributed by atoms with Gasteiger partial charge in [0.25, 0.3) is 0 Å². The molecule has 0 saturated carbocycles. The summed E-state index contributed by atoms with van der Waals surface area (Å²) >= 11 is 0. The third-order valence-electron chi connectivity index (χ3n) is 3.55. The second-order valence-corrected chi connectivity index (χ2v) is 5.00. The van der Waals surface area contributed by atoms with Crippen molar-refractivity contribution in [2.45, 2.75) is 6.42 Å². The molecule has 5 heteroatoms. The summed E-state index contributed by atoms with van der Waals surface area (Å²) in [6, 6.07) is 12.1. The fourth-order valence-electron chi connectivity index (χ4n) is 2.42. The zero-order valence-electron chi connectivity index (χ0n) is 12.2. The Hall–Kier alpha value is -2.14. The first-order chi connectivity index (χ1) is 10.4. The largest absolute Gasteiger partial charge is 0.380 e. The Bertz CT molecular complexity index is 580. The van der Waals surface area contributed by atoms with E-state index >= 15 is 0 Å². The second kappa shape index (κ2) is 6.54. The van der Waals surface area contributed by atoms with Gasteiger partial charge in [-0.15, -0.1) is 0 Å². The summed E-state index contributed by atoms with van der Waals surface area (Å²) < 4.78 is 5.52. The molecule has 1 aliphatic rings. The first-order valence-electron chi connectivity index (χ1n) is 7.32. The van der Waals surface area contributed by atoms with Crippen molar-refractivity contribution in [3.8, 4) is 11.4 Å². The van der Waals surface area contributed by atoms with Gasteiger partial charge in [-0.25, -0.2) is 9.97 Å². The van der Waals surface area contributed by atoms with Gasteiger partial charge in [0, 0.05) is 38.4 Å². The smallest absolute Gasteiger partial charge is 0.163 e. The van der Waals surface area contributed by atoms with Gasteiger partial charge in [-0.3, -0.25) is 0 Å². The molecule has 0 radical (unpaired) electrons. The number of anilines is 2. The van der Waals surface area contributed by atoms with Crippen LogP contribution in [0.3, 0.4) is 0 Å². The van der Waals surface area contributed by atoms with E-state index in [0.717, 1.165) is 55.7 Å². The van der Waals surface area contributed by atoms with Crippen LogP contribution in [0.4, 0.5) is 11.6 Å². The van der Waals surface area contributed by atoms with Crippen LogP contribution in [0.15, 0.2) is 36.4 Å². The molecule has 0 unspecified atom stereocenters. The van der Waals surface area contributed by atoms with E-state index in [4.69, 9.17) is 9.72 Å². The summed E-state index contributed by atoms with van der Waals surface area (Å²) in [5.41, 5.74) is 1.03. The fourth-order valence-corrected chi connectivity index (χ4v) is 2.42. The lowest BCUT2D eigenvalue weighted by Crippen LogP contribution is -2.27. The number of hydrogen-bond donors (Lipinski definition) is 1. The molecule has 0 amide bonds. The predicted molar refractivity (Wildman–Crippen MR) is 84.7 cm³/mol. The van der Waals surface area contributed by atoms with Crippen LogP contribution in [0.5, 0.6) is 0 Å². The van der Waals surface area contributed by atoms with Gasteiger partial charge in [0.15, 0.2) is 5.82 Å². The molecule has 3 rings (SSSR count). The Morgan fingerprint density at radius 3 is 2.76 bits per heavy atom. The van der Waals surface area contributed by atoms with Crippen LogP contribution in [0, 0.1) is 0 Å². The van der Waals surface area contributed by atoms with Gasteiger partial charge in [-0.1, -0.05) is 30.3 Å². The van der Waals surface area contributed by atoms with E-state index in [2.05, 4.69) is 15.2 Å². The minimum atomic E-state index is 0.750. The van der Waals surface area contributed by atoms with Crippen molar-refractivity contribution in [1.82, 2.24) is 9.97 Å². The first kappa shape index (κ1) is 13.8. The molecule has 1 aliphatic heterocycles. The lowest BCUT2D eigenvalue weighted by atomic mass is 10.2.